The molecule has 0 bridgehead atoms. The van der Waals surface area contributed by atoms with Crippen LogP contribution in [0, 0.1) is 5.92 Å². The highest BCUT2D eigenvalue weighted by molar-refractivity contribution is 9.13. The molecular weight excluding hydrogens is 410 g/mol. The molecule has 3 atom stereocenters. The average molecular weight is 427 g/mol. The van der Waals surface area contributed by atoms with Gasteiger partial charge in [-0.05, 0) is 68.9 Å². The van der Waals surface area contributed by atoms with Crippen molar-refractivity contribution in [1.29, 1.82) is 0 Å². The third-order valence-corrected chi connectivity index (χ3v) is 8.68. The predicted octanol–water partition coefficient (Wildman–Crippen LogP) is 4.58. The lowest BCUT2D eigenvalue weighted by molar-refractivity contribution is -0.0832. The van der Waals surface area contributed by atoms with Crippen LogP contribution in [0.4, 0.5) is 0 Å². The third-order valence-electron chi connectivity index (χ3n) is 4.10. The van der Waals surface area contributed by atoms with E-state index in [1.165, 1.54) is 17.1 Å². The molecule has 3 unspecified atom stereocenters. The maximum Gasteiger partial charge on any atom is 0.0843 e. The molecule has 0 aliphatic carbocycles. The standard InChI is InChI=1S/C13H17Br2NOS2/c14-9-5-10(19-12(9)15)11(16)8-1-3-17-13(6-8)2-4-18-7-13/h5,8,11H,1-4,6-7,16H2. The Kier molecular flexibility index (Phi) is 4.67. The van der Waals surface area contributed by atoms with Gasteiger partial charge in [0.2, 0.25) is 0 Å². The van der Waals surface area contributed by atoms with Crippen LogP contribution < -0.4 is 5.73 Å². The van der Waals surface area contributed by atoms with Crippen LogP contribution in [0.25, 0.3) is 0 Å². The molecule has 0 saturated carbocycles. The molecule has 6 heteroatoms. The summed E-state index contributed by atoms with van der Waals surface area (Å²) in [7, 11) is 0. The van der Waals surface area contributed by atoms with Crippen molar-refractivity contribution < 1.29 is 4.74 Å². The zero-order chi connectivity index (χ0) is 13.5. The normalized spacial score (nSPS) is 32.9. The molecule has 2 N–H and O–H groups in total. The van der Waals surface area contributed by atoms with E-state index in [1.54, 1.807) is 11.3 Å². The highest BCUT2D eigenvalue weighted by Crippen LogP contribution is 2.45. The lowest BCUT2D eigenvalue weighted by Crippen LogP contribution is -2.42. The molecule has 2 saturated heterocycles. The Labute approximate surface area is 139 Å². The molecular formula is C13H17Br2NOS2. The van der Waals surface area contributed by atoms with Crippen molar-refractivity contribution in [2.45, 2.75) is 30.9 Å². The van der Waals surface area contributed by atoms with Gasteiger partial charge in [-0.15, -0.1) is 11.3 Å². The van der Waals surface area contributed by atoms with E-state index in [4.69, 9.17) is 10.5 Å². The number of hydrogen-bond acceptors (Lipinski definition) is 4. The molecule has 2 fully saturated rings. The van der Waals surface area contributed by atoms with E-state index in [1.807, 2.05) is 11.8 Å². The molecule has 2 aliphatic rings. The average Bonchev–Trinajstić information content (AvgIpc) is 2.97. The summed E-state index contributed by atoms with van der Waals surface area (Å²) in [6, 6.07) is 2.30. The second kappa shape index (κ2) is 5.97. The van der Waals surface area contributed by atoms with E-state index in [9.17, 15) is 0 Å². The van der Waals surface area contributed by atoms with E-state index in [0.717, 1.165) is 33.5 Å². The predicted molar refractivity (Wildman–Crippen MR) is 90.0 cm³/mol. The minimum atomic E-state index is 0.122. The maximum atomic E-state index is 6.51. The summed E-state index contributed by atoms with van der Waals surface area (Å²) in [5, 5.41) is 0. The molecule has 1 spiro atoms. The molecule has 1 aromatic heterocycles. The topological polar surface area (TPSA) is 35.2 Å². The Hall–Kier alpha value is 0.930. The van der Waals surface area contributed by atoms with Gasteiger partial charge in [0.25, 0.3) is 0 Å². The number of halogens is 2. The van der Waals surface area contributed by atoms with E-state index >= 15 is 0 Å². The Morgan fingerprint density at radius 1 is 1.47 bits per heavy atom. The van der Waals surface area contributed by atoms with Crippen molar-refractivity contribution in [2.75, 3.05) is 18.1 Å². The quantitative estimate of drug-likeness (QED) is 0.751. The molecule has 3 rings (SSSR count). The monoisotopic (exact) mass is 425 g/mol. The number of hydrogen-bond donors (Lipinski definition) is 1. The van der Waals surface area contributed by atoms with Crippen LogP contribution in [0.3, 0.4) is 0 Å². The van der Waals surface area contributed by atoms with Crippen LogP contribution in [0.5, 0.6) is 0 Å². The van der Waals surface area contributed by atoms with Crippen LogP contribution in [0.1, 0.15) is 30.2 Å². The Balaban J connectivity index is 1.74. The van der Waals surface area contributed by atoms with Gasteiger partial charge in [-0.1, -0.05) is 0 Å². The van der Waals surface area contributed by atoms with Crippen LogP contribution in [-0.4, -0.2) is 23.7 Å². The number of rotatable bonds is 2. The fourth-order valence-electron chi connectivity index (χ4n) is 3.00. The summed E-state index contributed by atoms with van der Waals surface area (Å²) in [4.78, 5) is 1.27. The van der Waals surface area contributed by atoms with E-state index in [0.29, 0.717) is 5.92 Å². The zero-order valence-electron chi connectivity index (χ0n) is 10.5. The summed E-state index contributed by atoms with van der Waals surface area (Å²) in [5.41, 5.74) is 6.63. The zero-order valence-corrected chi connectivity index (χ0v) is 15.3. The number of thioether (sulfide) groups is 1. The van der Waals surface area contributed by atoms with E-state index < -0.39 is 0 Å². The molecule has 1 aromatic rings. The van der Waals surface area contributed by atoms with Crippen molar-refractivity contribution in [3.05, 3.63) is 19.2 Å². The molecule has 106 valence electrons. The van der Waals surface area contributed by atoms with Gasteiger partial charge in [0, 0.05) is 27.8 Å². The lowest BCUT2D eigenvalue weighted by atomic mass is 9.81. The van der Waals surface area contributed by atoms with Crippen molar-refractivity contribution in [1.82, 2.24) is 0 Å². The van der Waals surface area contributed by atoms with Gasteiger partial charge in [-0.2, -0.15) is 11.8 Å². The van der Waals surface area contributed by atoms with Crippen molar-refractivity contribution >= 4 is 55.0 Å². The first kappa shape index (κ1) is 14.9. The minimum Gasteiger partial charge on any atom is -0.374 e. The Morgan fingerprint density at radius 2 is 2.32 bits per heavy atom. The van der Waals surface area contributed by atoms with Gasteiger partial charge in [-0.3, -0.25) is 0 Å². The number of ether oxygens (including phenoxy) is 1. The van der Waals surface area contributed by atoms with E-state index in [-0.39, 0.29) is 11.6 Å². The first-order chi connectivity index (χ1) is 9.10. The lowest BCUT2D eigenvalue weighted by Gasteiger charge is -2.39. The SMILES string of the molecule is NC(c1cc(Br)c(Br)s1)C1CCOC2(CCSC2)C1. The van der Waals surface area contributed by atoms with Crippen LogP contribution in [0.2, 0.25) is 0 Å². The highest BCUT2D eigenvalue weighted by Gasteiger charge is 2.42. The second-order valence-corrected chi connectivity index (χ2v) is 9.74. The van der Waals surface area contributed by atoms with Crippen LogP contribution in [-0.2, 0) is 4.74 Å². The van der Waals surface area contributed by atoms with Gasteiger partial charge in [0.05, 0.1) is 9.39 Å². The summed E-state index contributed by atoms with van der Waals surface area (Å²) < 4.78 is 8.33. The molecule has 0 amide bonds. The first-order valence-electron chi connectivity index (χ1n) is 6.52. The number of nitrogens with two attached hydrogens (primary N) is 1. The summed E-state index contributed by atoms with van der Waals surface area (Å²) in [5.74, 6) is 2.93. The second-order valence-electron chi connectivity index (χ2n) is 5.38. The fourth-order valence-corrected chi connectivity index (χ4v) is 6.56. The Morgan fingerprint density at radius 3 is 2.95 bits per heavy atom. The summed E-state index contributed by atoms with van der Waals surface area (Å²) >= 11 is 10.9. The smallest absolute Gasteiger partial charge is 0.0843 e. The highest BCUT2D eigenvalue weighted by atomic mass is 79.9. The maximum absolute atomic E-state index is 6.51. The molecule has 0 radical (unpaired) electrons. The van der Waals surface area contributed by atoms with Gasteiger partial charge >= 0.3 is 0 Å². The molecule has 3 heterocycles. The van der Waals surface area contributed by atoms with Gasteiger partial charge in [0.1, 0.15) is 0 Å². The Bertz CT molecular complexity index is 440. The van der Waals surface area contributed by atoms with Crippen molar-refractivity contribution in [3.8, 4) is 0 Å². The fraction of sp³-hybridized carbons (Fsp3) is 0.692. The molecule has 2 aliphatic heterocycles. The minimum absolute atomic E-state index is 0.122. The van der Waals surface area contributed by atoms with Gasteiger partial charge < -0.3 is 10.5 Å². The van der Waals surface area contributed by atoms with Gasteiger partial charge in [-0.25, -0.2) is 0 Å². The third kappa shape index (κ3) is 3.09. The first-order valence-corrected chi connectivity index (χ1v) is 10.1. The summed E-state index contributed by atoms with van der Waals surface area (Å²) in [6.07, 6.45) is 3.40. The van der Waals surface area contributed by atoms with Crippen molar-refractivity contribution in [3.63, 3.8) is 0 Å². The molecule has 19 heavy (non-hydrogen) atoms. The molecule has 0 aromatic carbocycles. The van der Waals surface area contributed by atoms with Crippen molar-refractivity contribution in [2.24, 2.45) is 11.7 Å². The molecule has 2 nitrogen and oxygen atoms in total. The summed E-state index contributed by atoms with van der Waals surface area (Å²) in [6.45, 7) is 0.868. The van der Waals surface area contributed by atoms with Crippen LogP contribution >= 0.6 is 55.0 Å². The van der Waals surface area contributed by atoms with E-state index in [2.05, 4.69) is 37.9 Å². The van der Waals surface area contributed by atoms with Gasteiger partial charge in [0.15, 0.2) is 0 Å². The van der Waals surface area contributed by atoms with Crippen LogP contribution in [0.15, 0.2) is 14.3 Å². The largest absolute Gasteiger partial charge is 0.374 e. The number of thiophene rings is 1.